The SMILES string of the molecule is COC(=O)c1occc1-c1ccccc1O. The number of esters is 1. The van der Waals surface area contributed by atoms with Crippen molar-refractivity contribution < 1.29 is 19.1 Å². The van der Waals surface area contributed by atoms with Gasteiger partial charge in [-0.15, -0.1) is 0 Å². The Kier molecular flexibility index (Phi) is 2.64. The summed E-state index contributed by atoms with van der Waals surface area (Å²) >= 11 is 0. The average Bonchev–Trinajstić information content (AvgIpc) is 2.77. The van der Waals surface area contributed by atoms with Crippen molar-refractivity contribution in [1.82, 2.24) is 0 Å². The molecule has 0 fully saturated rings. The molecule has 0 unspecified atom stereocenters. The molecule has 2 rings (SSSR count). The van der Waals surface area contributed by atoms with Crippen LogP contribution < -0.4 is 0 Å². The predicted octanol–water partition coefficient (Wildman–Crippen LogP) is 2.44. The van der Waals surface area contributed by atoms with Gasteiger partial charge in [-0.1, -0.05) is 18.2 Å². The van der Waals surface area contributed by atoms with Crippen molar-refractivity contribution in [3.8, 4) is 16.9 Å². The Morgan fingerprint density at radius 1 is 1.25 bits per heavy atom. The van der Waals surface area contributed by atoms with Crippen molar-refractivity contribution in [3.05, 3.63) is 42.4 Å². The van der Waals surface area contributed by atoms with Gasteiger partial charge in [-0.05, 0) is 12.1 Å². The van der Waals surface area contributed by atoms with Crippen LogP contribution in [0.25, 0.3) is 11.1 Å². The number of hydrogen-bond acceptors (Lipinski definition) is 4. The topological polar surface area (TPSA) is 59.7 Å². The first-order valence-corrected chi connectivity index (χ1v) is 4.68. The summed E-state index contributed by atoms with van der Waals surface area (Å²) in [6.07, 6.45) is 1.38. The Hall–Kier alpha value is -2.23. The molecule has 0 saturated carbocycles. The minimum atomic E-state index is -0.566. The molecule has 1 N–H and O–H groups in total. The van der Waals surface area contributed by atoms with Crippen LogP contribution in [0.15, 0.2) is 41.0 Å². The number of rotatable bonds is 2. The van der Waals surface area contributed by atoms with E-state index in [4.69, 9.17) is 4.42 Å². The lowest BCUT2D eigenvalue weighted by atomic mass is 10.1. The molecule has 0 spiro atoms. The van der Waals surface area contributed by atoms with Crippen LogP contribution in [0, 0.1) is 0 Å². The fraction of sp³-hybridized carbons (Fsp3) is 0.0833. The van der Waals surface area contributed by atoms with Crippen molar-refractivity contribution in [2.75, 3.05) is 7.11 Å². The summed E-state index contributed by atoms with van der Waals surface area (Å²) < 4.78 is 9.62. The number of carbonyl (C=O) groups excluding carboxylic acids is 1. The van der Waals surface area contributed by atoms with Gasteiger partial charge < -0.3 is 14.3 Å². The molecule has 1 aromatic carbocycles. The van der Waals surface area contributed by atoms with Gasteiger partial charge >= 0.3 is 5.97 Å². The summed E-state index contributed by atoms with van der Waals surface area (Å²) in [5.74, 6) is -0.388. The number of ether oxygens (including phenoxy) is 1. The van der Waals surface area contributed by atoms with Crippen LogP contribution >= 0.6 is 0 Å². The molecule has 0 radical (unpaired) electrons. The lowest BCUT2D eigenvalue weighted by Gasteiger charge is -2.03. The van der Waals surface area contributed by atoms with Crippen LogP contribution in [-0.4, -0.2) is 18.2 Å². The number of carbonyl (C=O) groups is 1. The highest BCUT2D eigenvalue weighted by atomic mass is 16.5. The molecule has 1 aromatic heterocycles. The Morgan fingerprint density at radius 2 is 2.00 bits per heavy atom. The Bertz CT molecular complexity index is 513. The van der Waals surface area contributed by atoms with Crippen LogP contribution in [0.4, 0.5) is 0 Å². The summed E-state index contributed by atoms with van der Waals surface area (Å²) in [7, 11) is 1.28. The first-order chi connectivity index (χ1) is 7.74. The van der Waals surface area contributed by atoms with Crippen molar-refractivity contribution in [2.24, 2.45) is 0 Å². The summed E-state index contributed by atoms with van der Waals surface area (Å²) in [4.78, 5) is 11.4. The van der Waals surface area contributed by atoms with Crippen LogP contribution in [0.5, 0.6) is 5.75 Å². The van der Waals surface area contributed by atoms with E-state index in [1.807, 2.05) is 0 Å². The summed E-state index contributed by atoms with van der Waals surface area (Å²) in [5, 5.41) is 9.67. The lowest BCUT2D eigenvalue weighted by Crippen LogP contribution is -2.00. The lowest BCUT2D eigenvalue weighted by molar-refractivity contribution is 0.0566. The van der Waals surface area contributed by atoms with Crippen molar-refractivity contribution in [3.63, 3.8) is 0 Å². The minimum absolute atomic E-state index is 0.0870. The molecular formula is C12H10O4. The van der Waals surface area contributed by atoms with E-state index >= 15 is 0 Å². The highest BCUT2D eigenvalue weighted by Crippen LogP contribution is 2.32. The van der Waals surface area contributed by atoms with E-state index in [1.54, 1.807) is 30.3 Å². The smallest absolute Gasteiger partial charge is 0.374 e. The van der Waals surface area contributed by atoms with Crippen molar-refractivity contribution in [1.29, 1.82) is 0 Å². The third kappa shape index (κ3) is 1.65. The van der Waals surface area contributed by atoms with E-state index in [1.165, 1.54) is 13.4 Å². The number of hydrogen-bond donors (Lipinski definition) is 1. The molecule has 82 valence electrons. The zero-order valence-electron chi connectivity index (χ0n) is 8.64. The third-order valence-electron chi connectivity index (χ3n) is 2.23. The van der Waals surface area contributed by atoms with E-state index in [0.29, 0.717) is 11.1 Å². The maximum absolute atomic E-state index is 11.4. The number of phenolic OH excluding ortho intramolecular Hbond substituents is 1. The standard InChI is InChI=1S/C12H10O4/c1-15-12(14)11-9(6-7-16-11)8-4-2-3-5-10(8)13/h2-7,13H,1H3. The molecule has 0 aliphatic rings. The third-order valence-corrected chi connectivity index (χ3v) is 2.23. The fourth-order valence-electron chi connectivity index (χ4n) is 1.47. The van der Waals surface area contributed by atoms with Gasteiger partial charge in [0.15, 0.2) is 0 Å². The van der Waals surface area contributed by atoms with Gasteiger partial charge in [0.1, 0.15) is 5.75 Å². The van der Waals surface area contributed by atoms with E-state index < -0.39 is 5.97 Å². The zero-order chi connectivity index (χ0) is 11.5. The monoisotopic (exact) mass is 218 g/mol. The maximum Gasteiger partial charge on any atom is 0.374 e. The van der Waals surface area contributed by atoms with Gasteiger partial charge in [0.25, 0.3) is 0 Å². The average molecular weight is 218 g/mol. The molecule has 4 heteroatoms. The molecule has 0 aliphatic carbocycles. The van der Waals surface area contributed by atoms with Gasteiger partial charge in [-0.2, -0.15) is 0 Å². The molecule has 0 atom stereocenters. The highest BCUT2D eigenvalue weighted by Gasteiger charge is 2.18. The summed E-state index contributed by atoms with van der Waals surface area (Å²) in [5.41, 5.74) is 1.06. The zero-order valence-corrected chi connectivity index (χ0v) is 8.64. The second-order valence-corrected chi connectivity index (χ2v) is 3.17. The van der Waals surface area contributed by atoms with E-state index in [9.17, 15) is 9.90 Å². The number of furan rings is 1. The number of benzene rings is 1. The molecule has 1 heterocycles. The quantitative estimate of drug-likeness (QED) is 0.786. The first-order valence-electron chi connectivity index (χ1n) is 4.68. The Labute approximate surface area is 92.1 Å². The molecule has 0 aliphatic heterocycles. The summed E-state index contributed by atoms with van der Waals surface area (Å²) in [6.45, 7) is 0. The second-order valence-electron chi connectivity index (χ2n) is 3.17. The number of para-hydroxylation sites is 1. The Morgan fingerprint density at radius 3 is 2.69 bits per heavy atom. The van der Waals surface area contributed by atoms with E-state index in [2.05, 4.69) is 4.74 Å². The van der Waals surface area contributed by atoms with Crippen molar-refractivity contribution >= 4 is 5.97 Å². The normalized spacial score (nSPS) is 10.1. The van der Waals surface area contributed by atoms with Crippen LogP contribution in [0.2, 0.25) is 0 Å². The number of aromatic hydroxyl groups is 1. The molecule has 16 heavy (non-hydrogen) atoms. The van der Waals surface area contributed by atoms with E-state index in [-0.39, 0.29) is 11.5 Å². The molecular weight excluding hydrogens is 208 g/mol. The van der Waals surface area contributed by atoms with Gasteiger partial charge in [-0.25, -0.2) is 4.79 Å². The maximum atomic E-state index is 11.4. The molecule has 4 nitrogen and oxygen atoms in total. The number of methoxy groups -OCH3 is 1. The Balaban J connectivity index is 2.53. The number of phenols is 1. The van der Waals surface area contributed by atoms with Crippen LogP contribution in [-0.2, 0) is 4.74 Å². The minimum Gasteiger partial charge on any atom is -0.507 e. The largest absolute Gasteiger partial charge is 0.507 e. The fourth-order valence-corrected chi connectivity index (χ4v) is 1.47. The highest BCUT2D eigenvalue weighted by molar-refractivity contribution is 5.95. The first kappa shape index (κ1) is 10.3. The van der Waals surface area contributed by atoms with Gasteiger partial charge in [0.2, 0.25) is 5.76 Å². The molecule has 0 amide bonds. The predicted molar refractivity (Wildman–Crippen MR) is 57.1 cm³/mol. The van der Waals surface area contributed by atoms with Crippen LogP contribution in [0.3, 0.4) is 0 Å². The van der Waals surface area contributed by atoms with Crippen LogP contribution in [0.1, 0.15) is 10.6 Å². The van der Waals surface area contributed by atoms with E-state index in [0.717, 1.165) is 0 Å². The van der Waals surface area contributed by atoms with Gasteiger partial charge in [0.05, 0.1) is 13.4 Å². The molecule has 0 saturated heterocycles. The van der Waals surface area contributed by atoms with Gasteiger partial charge in [0, 0.05) is 11.1 Å². The molecule has 2 aromatic rings. The van der Waals surface area contributed by atoms with Gasteiger partial charge in [-0.3, -0.25) is 0 Å². The molecule has 0 bridgehead atoms. The van der Waals surface area contributed by atoms with Crippen molar-refractivity contribution in [2.45, 2.75) is 0 Å². The summed E-state index contributed by atoms with van der Waals surface area (Å²) in [6, 6.07) is 8.33. The second kappa shape index (κ2) is 4.10.